The average molecular weight is 303 g/mol. The lowest BCUT2D eigenvalue weighted by atomic mass is 10.4. The van der Waals surface area contributed by atoms with Crippen LogP contribution in [0.3, 0.4) is 0 Å². The highest BCUT2D eigenvalue weighted by Gasteiger charge is 2.02. The van der Waals surface area contributed by atoms with Gasteiger partial charge in [-0.2, -0.15) is 0 Å². The van der Waals surface area contributed by atoms with Crippen molar-refractivity contribution in [2.24, 2.45) is 0 Å². The van der Waals surface area contributed by atoms with Crippen molar-refractivity contribution in [3.63, 3.8) is 0 Å². The second-order valence-electron chi connectivity index (χ2n) is 2.72. The van der Waals surface area contributed by atoms with Gasteiger partial charge in [0.1, 0.15) is 6.10 Å². The van der Waals surface area contributed by atoms with Crippen molar-refractivity contribution >= 4 is 29.3 Å². The third-order valence-electron chi connectivity index (χ3n) is 1.25. The molecule has 0 amide bonds. The second kappa shape index (κ2) is 16.1. The molecule has 7 heteroatoms. The van der Waals surface area contributed by atoms with Crippen LogP contribution in [0.4, 0.5) is 0 Å². The molecule has 0 bridgehead atoms. The molecule has 0 heterocycles. The molecule has 0 aliphatic heterocycles. The van der Waals surface area contributed by atoms with Gasteiger partial charge in [0.2, 0.25) is 6.85 Å². The van der Waals surface area contributed by atoms with Gasteiger partial charge in [0.25, 0.3) is 0 Å². The minimum Gasteiger partial charge on any atom is -0.388 e. The molecule has 0 rings (SSSR count). The zero-order chi connectivity index (χ0) is 13.5. The Balaban J connectivity index is 0. The van der Waals surface area contributed by atoms with E-state index in [1.54, 1.807) is 6.08 Å². The van der Waals surface area contributed by atoms with Gasteiger partial charge in [-0.1, -0.05) is 6.08 Å². The van der Waals surface area contributed by atoms with Crippen LogP contribution in [0.5, 0.6) is 0 Å². The van der Waals surface area contributed by atoms with Gasteiger partial charge in [-0.3, -0.25) is 0 Å². The molecule has 0 fully saturated rings. The molecule has 100 valence electrons. The van der Waals surface area contributed by atoms with E-state index in [4.69, 9.17) is 20.8 Å². The standard InChI is InChI=1S/C10H16O3.Cl2HOP/c1-3-5-7-13-9-10(11)8-12-6-4-2;1-4(2)3/h1,4,10-11H,2,5-9H2;3H. The van der Waals surface area contributed by atoms with E-state index >= 15 is 0 Å². The highest BCUT2D eigenvalue weighted by molar-refractivity contribution is 7.99. The van der Waals surface area contributed by atoms with Gasteiger partial charge < -0.3 is 19.5 Å². The first-order valence-corrected chi connectivity index (χ1v) is 7.83. The minimum absolute atomic E-state index is 0.263. The summed E-state index contributed by atoms with van der Waals surface area (Å²) < 4.78 is 10.1. The van der Waals surface area contributed by atoms with E-state index in [9.17, 15) is 5.11 Å². The van der Waals surface area contributed by atoms with Crippen molar-refractivity contribution in [3.8, 4) is 12.3 Å². The van der Waals surface area contributed by atoms with Gasteiger partial charge in [0.15, 0.2) is 0 Å². The molecule has 0 aromatic rings. The summed E-state index contributed by atoms with van der Waals surface area (Å²) in [6, 6.07) is 0. The van der Waals surface area contributed by atoms with Crippen LogP contribution in [-0.4, -0.2) is 42.5 Å². The van der Waals surface area contributed by atoms with Gasteiger partial charge in [0, 0.05) is 6.42 Å². The molecule has 0 aliphatic carbocycles. The highest BCUT2D eigenvalue weighted by Crippen LogP contribution is 2.40. The van der Waals surface area contributed by atoms with Crippen molar-refractivity contribution in [2.75, 3.05) is 26.4 Å². The van der Waals surface area contributed by atoms with Gasteiger partial charge in [-0.05, 0) is 22.5 Å². The molecule has 0 spiro atoms. The van der Waals surface area contributed by atoms with E-state index < -0.39 is 13.0 Å². The van der Waals surface area contributed by atoms with E-state index in [1.165, 1.54) is 0 Å². The van der Waals surface area contributed by atoms with Crippen LogP contribution in [0.2, 0.25) is 0 Å². The lowest BCUT2D eigenvalue weighted by molar-refractivity contribution is -0.0116. The van der Waals surface area contributed by atoms with Crippen LogP contribution >= 0.6 is 29.3 Å². The van der Waals surface area contributed by atoms with E-state index in [1.807, 2.05) is 0 Å². The lowest BCUT2D eigenvalue weighted by Crippen LogP contribution is -2.22. The molecule has 17 heavy (non-hydrogen) atoms. The van der Waals surface area contributed by atoms with Crippen LogP contribution in [0.1, 0.15) is 6.42 Å². The Labute approximate surface area is 113 Å². The van der Waals surface area contributed by atoms with Crippen LogP contribution in [-0.2, 0) is 9.47 Å². The Hall–Kier alpha value is 0.150. The first-order valence-electron chi connectivity index (χ1n) is 4.73. The van der Waals surface area contributed by atoms with Gasteiger partial charge in [0.05, 0.1) is 26.4 Å². The van der Waals surface area contributed by atoms with Crippen molar-refractivity contribution in [1.29, 1.82) is 0 Å². The van der Waals surface area contributed by atoms with E-state index in [2.05, 4.69) is 35.0 Å². The fourth-order valence-electron chi connectivity index (χ4n) is 0.686. The Bertz CT molecular complexity index is 206. The van der Waals surface area contributed by atoms with Crippen LogP contribution in [0.25, 0.3) is 0 Å². The Kier molecular flexibility index (Phi) is 18.5. The third kappa shape index (κ3) is 26.0. The summed E-state index contributed by atoms with van der Waals surface area (Å²) in [6.07, 6.45) is 6.63. The van der Waals surface area contributed by atoms with E-state index in [0.717, 1.165) is 0 Å². The van der Waals surface area contributed by atoms with Crippen molar-refractivity contribution in [2.45, 2.75) is 12.5 Å². The largest absolute Gasteiger partial charge is 0.388 e. The van der Waals surface area contributed by atoms with E-state index in [0.29, 0.717) is 19.6 Å². The molecule has 0 radical (unpaired) electrons. The number of hydrogen-bond acceptors (Lipinski definition) is 4. The zero-order valence-electron chi connectivity index (χ0n) is 9.39. The minimum atomic E-state index is -1.68. The fourth-order valence-corrected chi connectivity index (χ4v) is 0.686. The first-order chi connectivity index (χ1) is 8.04. The number of aliphatic hydroxyl groups excluding tert-OH is 1. The highest BCUT2D eigenvalue weighted by atomic mass is 35.9. The van der Waals surface area contributed by atoms with Crippen molar-refractivity contribution in [3.05, 3.63) is 12.7 Å². The summed E-state index contributed by atoms with van der Waals surface area (Å²) in [5.74, 6) is 2.44. The number of ether oxygens (including phenoxy) is 2. The zero-order valence-corrected chi connectivity index (χ0v) is 11.8. The monoisotopic (exact) mass is 302 g/mol. The van der Waals surface area contributed by atoms with E-state index in [-0.39, 0.29) is 13.2 Å². The number of rotatable bonds is 8. The Morgan fingerprint density at radius 3 is 2.41 bits per heavy atom. The molecule has 4 nitrogen and oxygen atoms in total. The van der Waals surface area contributed by atoms with Gasteiger partial charge in [-0.25, -0.2) is 0 Å². The second-order valence-corrected chi connectivity index (χ2v) is 5.59. The van der Waals surface area contributed by atoms with Crippen LogP contribution in [0, 0.1) is 12.3 Å². The molecule has 0 saturated heterocycles. The topological polar surface area (TPSA) is 58.9 Å². The lowest BCUT2D eigenvalue weighted by Gasteiger charge is -2.09. The summed E-state index contributed by atoms with van der Waals surface area (Å²) in [6.45, 7) is 3.26. The molecule has 0 aromatic heterocycles. The van der Waals surface area contributed by atoms with Gasteiger partial charge in [-0.15, -0.1) is 18.9 Å². The maximum absolute atomic E-state index is 9.24. The Morgan fingerprint density at radius 2 is 1.94 bits per heavy atom. The molecular weight excluding hydrogens is 286 g/mol. The third-order valence-corrected chi connectivity index (χ3v) is 1.25. The number of halogens is 2. The van der Waals surface area contributed by atoms with Crippen LogP contribution < -0.4 is 0 Å². The van der Waals surface area contributed by atoms with Crippen molar-refractivity contribution in [1.82, 2.24) is 0 Å². The normalized spacial score (nSPS) is 11.3. The van der Waals surface area contributed by atoms with Gasteiger partial charge >= 0.3 is 0 Å². The van der Waals surface area contributed by atoms with Crippen molar-refractivity contribution < 1.29 is 19.5 Å². The number of aliphatic hydroxyl groups is 1. The molecule has 0 saturated carbocycles. The quantitative estimate of drug-likeness (QED) is 0.312. The molecule has 2 N–H and O–H groups in total. The predicted octanol–water partition coefficient (Wildman–Crippen LogP) is 2.27. The summed E-state index contributed by atoms with van der Waals surface area (Å²) >= 11 is 9.32. The molecule has 1 atom stereocenters. The molecular formula is C10H17Cl2O4P. The SMILES string of the molecule is C#CCCOCC(O)COCC=C.OP(Cl)Cl. The molecule has 0 aromatic carbocycles. The molecule has 1 unspecified atom stereocenters. The summed E-state index contributed by atoms with van der Waals surface area (Å²) in [4.78, 5) is 7.65. The number of hydrogen-bond donors (Lipinski definition) is 2. The maximum Gasteiger partial charge on any atom is 0.222 e. The smallest absolute Gasteiger partial charge is 0.222 e. The summed E-state index contributed by atoms with van der Waals surface area (Å²) in [7, 11) is 0. The average Bonchev–Trinajstić information content (AvgIpc) is 2.24. The van der Waals surface area contributed by atoms with Crippen LogP contribution in [0.15, 0.2) is 12.7 Å². The Morgan fingerprint density at radius 1 is 1.41 bits per heavy atom. The first kappa shape index (κ1) is 19.5. The molecule has 0 aliphatic rings. The summed E-state index contributed by atoms with van der Waals surface area (Å²) in [5, 5.41) is 9.24. The summed E-state index contributed by atoms with van der Waals surface area (Å²) in [5.41, 5.74) is 0. The fraction of sp³-hybridized carbons (Fsp3) is 0.600. The maximum atomic E-state index is 9.24. The number of terminal acetylenes is 1. The predicted molar refractivity (Wildman–Crippen MR) is 72.1 cm³/mol.